The van der Waals surface area contributed by atoms with Crippen molar-refractivity contribution in [2.45, 2.75) is 71.9 Å². The van der Waals surface area contributed by atoms with Crippen molar-refractivity contribution in [1.82, 2.24) is 14.9 Å². The molecule has 1 N–H and O–H groups in total. The first-order valence-electron chi connectivity index (χ1n) is 8.55. The van der Waals surface area contributed by atoms with Crippen LogP contribution in [-0.4, -0.2) is 16.1 Å². The molecule has 1 aliphatic heterocycles. The predicted molar refractivity (Wildman–Crippen MR) is 82.8 cm³/mol. The van der Waals surface area contributed by atoms with Gasteiger partial charge in [0.05, 0.1) is 5.69 Å². The van der Waals surface area contributed by atoms with Crippen molar-refractivity contribution in [1.29, 1.82) is 0 Å². The number of fused-ring (bicyclic) bond motifs is 1. The lowest BCUT2D eigenvalue weighted by atomic mass is 9.93. The minimum Gasteiger partial charge on any atom is -0.328 e. The topological polar surface area (TPSA) is 29.9 Å². The van der Waals surface area contributed by atoms with Crippen LogP contribution in [0.15, 0.2) is 0 Å². The fourth-order valence-corrected chi connectivity index (χ4v) is 4.35. The second kappa shape index (κ2) is 5.88. The van der Waals surface area contributed by atoms with Gasteiger partial charge in [-0.1, -0.05) is 27.2 Å². The van der Waals surface area contributed by atoms with E-state index in [-0.39, 0.29) is 0 Å². The summed E-state index contributed by atoms with van der Waals surface area (Å²) in [7, 11) is 0. The van der Waals surface area contributed by atoms with Crippen LogP contribution in [0, 0.1) is 11.8 Å². The summed E-state index contributed by atoms with van der Waals surface area (Å²) in [5, 5.41) is 3.47. The molecular formula is C17H29N3. The van der Waals surface area contributed by atoms with Crippen molar-refractivity contribution in [2.24, 2.45) is 11.8 Å². The molecule has 0 amide bonds. The molecule has 3 nitrogen and oxygen atoms in total. The van der Waals surface area contributed by atoms with E-state index in [1.807, 2.05) is 0 Å². The van der Waals surface area contributed by atoms with Gasteiger partial charge in [-0.25, -0.2) is 4.98 Å². The summed E-state index contributed by atoms with van der Waals surface area (Å²) in [6.45, 7) is 9.17. The molecule has 3 unspecified atom stereocenters. The average molecular weight is 275 g/mol. The van der Waals surface area contributed by atoms with Gasteiger partial charge in [-0.2, -0.15) is 0 Å². The van der Waals surface area contributed by atoms with Gasteiger partial charge in [-0.05, 0) is 31.1 Å². The molecule has 0 radical (unpaired) electrons. The van der Waals surface area contributed by atoms with E-state index in [1.165, 1.54) is 37.2 Å². The molecule has 0 bridgehead atoms. The van der Waals surface area contributed by atoms with Crippen LogP contribution in [0.5, 0.6) is 0 Å². The average Bonchev–Trinajstić information content (AvgIpc) is 2.99. The lowest BCUT2D eigenvalue weighted by Gasteiger charge is -2.26. The molecule has 0 saturated heterocycles. The fraction of sp³-hybridized carbons (Fsp3) is 0.824. The van der Waals surface area contributed by atoms with Crippen LogP contribution in [0.25, 0.3) is 0 Å². The van der Waals surface area contributed by atoms with Gasteiger partial charge in [0.15, 0.2) is 0 Å². The van der Waals surface area contributed by atoms with E-state index in [0.29, 0.717) is 6.04 Å². The van der Waals surface area contributed by atoms with E-state index in [4.69, 9.17) is 4.98 Å². The smallest absolute Gasteiger partial charge is 0.109 e. The third-order valence-electron chi connectivity index (χ3n) is 5.51. The van der Waals surface area contributed by atoms with E-state index in [0.717, 1.165) is 37.8 Å². The Kier molecular flexibility index (Phi) is 4.16. The molecule has 0 aromatic carbocycles. The molecule has 0 spiro atoms. The van der Waals surface area contributed by atoms with E-state index in [2.05, 4.69) is 30.7 Å². The fourth-order valence-electron chi connectivity index (χ4n) is 4.35. The van der Waals surface area contributed by atoms with Crippen LogP contribution in [0.2, 0.25) is 0 Å². The molecule has 1 aromatic rings. The zero-order valence-electron chi connectivity index (χ0n) is 13.3. The highest BCUT2D eigenvalue weighted by Crippen LogP contribution is 2.43. The van der Waals surface area contributed by atoms with Crippen molar-refractivity contribution in [3.05, 3.63) is 17.2 Å². The molecule has 3 heteroatoms. The lowest BCUT2D eigenvalue weighted by Crippen LogP contribution is -2.27. The zero-order valence-corrected chi connectivity index (χ0v) is 13.3. The summed E-state index contributed by atoms with van der Waals surface area (Å²) in [5.41, 5.74) is 2.87. The van der Waals surface area contributed by atoms with Crippen molar-refractivity contribution in [2.75, 3.05) is 6.54 Å². The number of hydrogen-bond donors (Lipinski definition) is 1. The highest BCUT2D eigenvalue weighted by Gasteiger charge is 2.35. The first-order chi connectivity index (χ1) is 9.76. The van der Waals surface area contributed by atoms with Crippen LogP contribution < -0.4 is 5.32 Å². The summed E-state index contributed by atoms with van der Waals surface area (Å²) in [5.74, 6) is 3.08. The Morgan fingerprint density at radius 3 is 2.85 bits per heavy atom. The molecule has 1 aromatic heterocycles. The van der Waals surface area contributed by atoms with Gasteiger partial charge < -0.3 is 9.88 Å². The Balaban J connectivity index is 1.96. The summed E-state index contributed by atoms with van der Waals surface area (Å²) in [4.78, 5) is 4.97. The molecular weight excluding hydrogens is 246 g/mol. The second-order valence-corrected chi connectivity index (χ2v) is 6.64. The number of rotatable bonds is 4. The molecule has 1 fully saturated rings. The number of nitrogens with one attached hydrogen (secondary N) is 1. The normalized spacial score (nSPS) is 29.6. The Hall–Kier alpha value is -0.830. The third kappa shape index (κ3) is 2.30. The van der Waals surface area contributed by atoms with Gasteiger partial charge in [0.25, 0.3) is 0 Å². The van der Waals surface area contributed by atoms with E-state index in [9.17, 15) is 0 Å². The van der Waals surface area contributed by atoms with Crippen molar-refractivity contribution < 1.29 is 0 Å². The maximum absolute atomic E-state index is 4.97. The number of nitrogens with zero attached hydrogens (tertiary/aromatic N) is 2. The van der Waals surface area contributed by atoms with Crippen LogP contribution in [0.4, 0.5) is 0 Å². The standard InChI is InChI=1S/C17H29N3/c1-4-6-17-19-14-11-18-10-9-16(14)20(17)15-8-7-13(5-2)12(15)3/h12-13,15,18H,4-11H2,1-3H3. The molecule has 3 atom stereocenters. The molecule has 2 heterocycles. The van der Waals surface area contributed by atoms with E-state index in [1.54, 1.807) is 5.69 Å². The van der Waals surface area contributed by atoms with Crippen LogP contribution in [0.1, 0.15) is 69.7 Å². The summed E-state index contributed by atoms with van der Waals surface area (Å²) in [6, 6.07) is 0.704. The zero-order chi connectivity index (χ0) is 14.1. The molecule has 20 heavy (non-hydrogen) atoms. The van der Waals surface area contributed by atoms with Gasteiger partial charge in [0, 0.05) is 37.7 Å². The Morgan fingerprint density at radius 1 is 1.30 bits per heavy atom. The van der Waals surface area contributed by atoms with Crippen molar-refractivity contribution in [3.8, 4) is 0 Å². The summed E-state index contributed by atoms with van der Waals surface area (Å²) in [6.07, 6.45) is 7.58. The van der Waals surface area contributed by atoms with Gasteiger partial charge >= 0.3 is 0 Å². The number of hydrogen-bond acceptors (Lipinski definition) is 2. The molecule has 1 saturated carbocycles. The van der Waals surface area contributed by atoms with Crippen LogP contribution >= 0.6 is 0 Å². The highest BCUT2D eigenvalue weighted by atomic mass is 15.1. The molecule has 112 valence electrons. The Bertz CT molecular complexity index is 463. The van der Waals surface area contributed by atoms with E-state index < -0.39 is 0 Å². The van der Waals surface area contributed by atoms with Crippen LogP contribution in [0.3, 0.4) is 0 Å². The summed E-state index contributed by atoms with van der Waals surface area (Å²) >= 11 is 0. The Morgan fingerprint density at radius 2 is 2.15 bits per heavy atom. The maximum atomic E-state index is 4.97. The molecule has 1 aliphatic carbocycles. The Labute approximate surface area is 123 Å². The first-order valence-corrected chi connectivity index (χ1v) is 8.55. The first kappa shape index (κ1) is 14.1. The predicted octanol–water partition coefficient (Wildman–Crippen LogP) is 3.48. The maximum Gasteiger partial charge on any atom is 0.109 e. The van der Waals surface area contributed by atoms with Crippen molar-refractivity contribution in [3.63, 3.8) is 0 Å². The molecule has 3 rings (SSSR count). The van der Waals surface area contributed by atoms with Crippen LogP contribution in [-0.2, 0) is 19.4 Å². The van der Waals surface area contributed by atoms with Gasteiger partial charge in [-0.15, -0.1) is 0 Å². The minimum absolute atomic E-state index is 0.704. The van der Waals surface area contributed by atoms with Gasteiger partial charge in [0.1, 0.15) is 5.82 Å². The monoisotopic (exact) mass is 275 g/mol. The number of aromatic nitrogens is 2. The number of aryl methyl sites for hydroxylation is 1. The SMILES string of the molecule is CCCc1nc2c(n1C1CCC(CC)C1C)CCNC2. The third-order valence-corrected chi connectivity index (χ3v) is 5.51. The quantitative estimate of drug-likeness (QED) is 0.911. The summed E-state index contributed by atoms with van der Waals surface area (Å²) < 4.78 is 2.67. The number of imidazole rings is 1. The lowest BCUT2D eigenvalue weighted by molar-refractivity contribution is 0.318. The highest BCUT2D eigenvalue weighted by molar-refractivity contribution is 5.22. The van der Waals surface area contributed by atoms with Gasteiger partial charge in [-0.3, -0.25) is 0 Å². The van der Waals surface area contributed by atoms with Crippen molar-refractivity contribution >= 4 is 0 Å². The largest absolute Gasteiger partial charge is 0.328 e. The van der Waals surface area contributed by atoms with Gasteiger partial charge in [0.2, 0.25) is 0 Å². The second-order valence-electron chi connectivity index (χ2n) is 6.64. The minimum atomic E-state index is 0.704. The van der Waals surface area contributed by atoms with E-state index >= 15 is 0 Å². The molecule has 2 aliphatic rings.